The average molecular weight is 252 g/mol. The molecule has 0 saturated heterocycles. The van der Waals surface area contributed by atoms with Crippen molar-refractivity contribution in [3.63, 3.8) is 0 Å². The van der Waals surface area contributed by atoms with Crippen LogP contribution in [0.5, 0.6) is 0 Å². The van der Waals surface area contributed by atoms with E-state index in [9.17, 15) is 9.18 Å². The van der Waals surface area contributed by atoms with Gasteiger partial charge in [0.2, 0.25) is 0 Å². The van der Waals surface area contributed by atoms with E-state index in [0.29, 0.717) is 6.04 Å². The van der Waals surface area contributed by atoms with Crippen LogP contribution in [0.2, 0.25) is 0 Å². The van der Waals surface area contributed by atoms with Crippen molar-refractivity contribution in [2.75, 3.05) is 5.32 Å². The number of amides is 1. The zero-order chi connectivity index (χ0) is 13.5. The smallest absolute Gasteiger partial charge is 0.251 e. The Labute approximate surface area is 108 Å². The molecule has 18 heavy (non-hydrogen) atoms. The number of carbonyl (C=O) groups excluding carboxylic acids is 1. The summed E-state index contributed by atoms with van der Waals surface area (Å²) in [6.07, 6.45) is 4.28. The first-order valence-electron chi connectivity index (χ1n) is 6.44. The summed E-state index contributed by atoms with van der Waals surface area (Å²) in [6.45, 7) is 4.26. The van der Waals surface area contributed by atoms with Crippen LogP contribution in [0.4, 0.5) is 10.1 Å². The SMILES string of the molecule is CCCC(CCC)Nc1ccc(F)c(C(N)=O)c1. The lowest BCUT2D eigenvalue weighted by atomic mass is 10.1. The summed E-state index contributed by atoms with van der Waals surface area (Å²) in [5.41, 5.74) is 5.81. The zero-order valence-corrected chi connectivity index (χ0v) is 11.0. The van der Waals surface area contributed by atoms with Crippen molar-refractivity contribution >= 4 is 11.6 Å². The molecule has 0 aromatic heterocycles. The summed E-state index contributed by atoms with van der Waals surface area (Å²) in [5.74, 6) is -1.31. The number of benzene rings is 1. The van der Waals surface area contributed by atoms with E-state index >= 15 is 0 Å². The number of hydrogen-bond acceptors (Lipinski definition) is 2. The molecular weight excluding hydrogens is 231 g/mol. The number of nitrogens with two attached hydrogens (primary N) is 1. The van der Waals surface area contributed by atoms with Crippen LogP contribution >= 0.6 is 0 Å². The fourth-order valence-corrected chi connectivity index (χ4v) is 2.03. The Kier molecular flexibility index (Phi) is 5.62. The molecule has 0 saturated carbocycles. The average Bonchev–Trinajstić information content (AvgIpc) is 2.32. The third-order valence-electron chi connectivity index (χ3n) is 2.88. The van der Waals surface area contributed by atoms with Crippen LogP contribution in [-0.2, 0) is 0 Å². The zero-order valence-electron chi connectivity index (χ0n) is 11.0. The lowest BCUT2D eigenvalue weighted by Crippen LogP contribution is -2.20. The second kappa shape index (κ2) is 6.99. The summed E-state index contributed by atoms with van der Waals surface area (Å²) in [5, 5.41) is 3.33. The van der Waals surface area contributed by atoms with Crippen molar-refractivity contribution in [2.24, 2.45) is 5.73 Å². The van der Waals surface area contributed by atoms with Gasteiger partial charge in [0.05, 0.1) is 5.56 Å². The fraction of sp³-hybridized carbons (Fsp3) is 0.500. The summed E-state index contributed by atoms with van der Waals surface area (Å²) in [4.78, 5) is 11.1. The minimum atomic E-state index is -0.737. The Balaban J connectivity index is 2.82. The van der Waals surface area contributed by atoms with E-state index in [1.807, 2.05) is 0 Å². The summed E-state index contributed by atoms with van der Waals surface area (Å²) in [6, 6.07) is 4.75. The maximum absolute atomic E-state index is 13.3. The van der Waals surface area contributed by atoms with E-state index in [2.05, 4.69) is 19.2 Å². The summed E-state index contributed by atoms with van der Waals surface area (Å²) < 4.78 is 13.3. The minimum Gasteiger partial charge on any atom is -0.382 e. The van der Waals surface area contributed by atoms with Gasteiger partial charge in [0.15, 0.2) is 0 Å². The van der Waals surface area contributed by atoms with Gasteiger partial charge in [-0.3, -0.25) is 4.79 Å². The van der Waals surface area contributed by atoms with E-state index in [0.717, 1.165) is 31.4 Å². The quantitative estimate of drug-likeness (QED) is 0.782. The van der Waals surface area contributed by atoms with Gasteiger partial charge in [0, 0.05) is 11.7 Å². The molecule has 0 heterocycles. The predicted molar refractivity (Wildman–Crippen MR) is 72.1 cm³/mol. The van der Waals surface area contributed by atoms with E-state index in [-0.39, 0.29) is 5.56 Å². The van der Waals surface area contributed by atoms with Gasteiger partial charge in [-0.15, -0.1) is 0 Å². The molecule has 0 unspecified atom stereocenters. The molecule has 100 valence electrons. The molecule has 0 aliphatic rings. The molecule has 0 radical (unpaired) electrons. The second-order valence-corrected chi connectivity index (χ2v) is 4.48. The third-order valence-corrected chi connectivity index (χ3v) is 2.88. The molecule has 0 atom stereocenters. The minimum absolute atomic E-state index is 0.0632. The topological polar surface area (TPSA) is 55.1 Å². The lowest BCUT2D eigenvalue weighted by Gasteiger charge is -2.19. The van der Waals surface area contributed by atoms with Crippen molar-refractivity contribution in [3.8, 4) is 0 Å². The van der Waals surface area contributed by atoms with E-state index in [4.69, 9.17) is 5.73 Å². The summed E-state index contributed by atoms with van der Waals surface area (Å²) >= 11 is 0. The first-order chi connectivity index (χ1) is 8.58. The molecule has 4 heteroatoms. The van der Waals surface area contributed by atoms with Gasteiger partial charge in [-0.2, -0.15) is 0 Å². The molecule has 0 spiro atoms. The predicted octanol–water partition coefficient (Wildman–Crippen LogP) is 3.31. The van der Waals surface area contributed by atoms with E-state index in [1.165, 1.54) is 12.1 Å². The van der Waals surface area contributed by atoms with Crippen molar-refractivity contribution < 1.29 is 9.18 Å². The van der Waals surface area contributed by atoms with Crippen LogP contribution in [-0.4, -0.2) is 11.9 Å². The summed E-state index contributed by atoms with van der Waals surface area (Å²) in [7, 11) is 0. The molecular formula is C14H21FN2O. The number of halogens is 1. The van der Waals surface area contributed by atoms with Gasteiger partial charge < -0.3 is 11.1 Å². The van der Waals surface area contributed by atoms with E-state index in [1.54, 1.807) is 6.07 Å². The van der Waals surface area contributed by atoms with Crippen molar-refractivity contribution in [1.82, 2.24) is 0 Å². The fourth-order valence-electron chi connectivity index (χ4n) is 2.03. The van der Waals surface area contributed by atoms with Crippen LogP contribution < -0.4 is 11.1 Å². The van der Waals surface area contributed by atoms with Gasteiger partial charge in [-0.05, 0) is 31.0 Å². The van der Waals surface area contributed by atoms with Crippen molar-refractivity contribution in [3.05, 3.63) is 29.6 Å². The number of anilines is 1. The lowest BCUT2D eigenvalue weighted by molar-refractivity contribution is 0.0996. The van der Waals surface area contributed by atoms with Crippen molar-refractivity contribution in [2.45, 2.75) is 45.6 Å². The molecule has 3 N–H and O–H groups in total. The van der Waals surface area contributed by atoms with Gasteiger partial charge in [0.1, 0.15) is 5.82 Å². The monoisotopic (exact) mass is 252 g/mol. The molecule has 1 rings (SSSR count). The number of nitrogens with one attached hydrogen (secondary N) is 1. The molecule has 1 aromatic carbocycles. The molecule has 1 amide bonds. The van der Waals surface area contributed by atoms with Crippen LogP contribution in [0.3, 0.4) is 0 Å². The Bertz CT molecular complexity index is 401. The van der Waals surface area contributed by atoms with Gasteiger partial charge in [0.25, 0.3) is 5.91 Å². The van der Waals surface area contributed by atoms with Gasteiger partial charge in [-0.1, -0.05) is 26.7 Å². The molecule has 0 aliphatic carbocycles. The van der Waals surface area contributed by atoms with Gasteiger partial charge >= 0.3 is 0 Å². The third kappa shape index (κ3) is 4.02. The number of carbonyl (C=O) groups is 1. The number of primary amides is 1. The highest BCUT2D eigenvalue weighted by Gasteiger charge is 2.11. The Morgan fingerprint density at radius 3 is 2.44 bits per heavy atom. The maximum atomic E-state index is 13.3. The highest BCUT2D eigenvalue weighted by atomic mass is 19.1. The van der Waals surface area contributed by atoms with Crippen molar-refractivity contribution in [1.29, 1.82) is 0 Å². The molecule has 0 aliphatic heterocycles. The highest BCUT2D eigenvalue weighted by molar-refractivity contribution is 5.94. The van der Waals surface area contributed by atoms with Crippen LogP contribution in [0, 0.1) is 5.82 Å². The number of rotatable bonds is 7. The maximum Gasteiger partial charge on any atom is 0.251 e. The van der Waals surface area contributed by atoms with E-state index < -0.39 is 11.7 Å². The van der Waals surface area contributed by atoms with Crippen LogP contribution in [0.1, 0.15) is 49.9 Å². The standard InChI is InChI=1S/C14H21FN2O/c1-3-5-10(6-4-2)17-11-7-8-13(15)12(9-11)14(16)18/h7-10,17H,3-6H2,1-2H3,(H2,16,18). The molecule has 1 aromatic rings. The number of hydrogen-bond donors (Lipinski definition) is 2. The first kappa shape index (κ1) is 14.5. The van der Waals surface area contributed by atoms with Crippen LogP contribution in [0.25, 0.3) is 0 Å². The molecule has 0 fully saturated rings. The normalized spacial score (nSPS) is 10.7. The highest BCUT2D eigenvalue weighted by Crippen LogP contribution is 2.18. The molecule has 3 nitrogen and oxygen atoms in total. The van der Waals surface area contributed by atoms with Crippen LogP contribution in [0.15, 0.2) is 18.2 Å². The van der Waals surface area contributed by atoms with Gasteiger partial charge in [-0.25, -0.2) is 4.39 Å². The first-order valence-corrected chi connectivity index (χ1v) is 6.44. The Morgan fingerprint density at radius 1 is 1.33 bits per heavy atom. The largest absolute Gasteiger partial charge is 0.382 e. The molecule has 0 bridgehead atoms. The Hall–Kier alpha value is -1.58. The second-order valence-electron chi connectivity index (χ2n) is 4.48. The Morgan fingerprint density at radius 2 is 1.94 bits per heavy atom.